The van der Waals surface area contributed by atoms with Gasteiger partial charge in [0.15, 0.2) is 5.54 Å². The monoisotopic (exact) mass is 349 g/mol. The molecule has 0 saturated carbocycles. The van der Waals surface area contributed by atoms with Gasteiger partial charge in [0.25, 0.3) is 0 Å². The summed E-state index contributed by atoms with van der Waals surface area (Å²) >= 11 is 4.90. The van der Waals surface area contributed by atoms with Crippen LogP contribution in [0.25, 0.3) is 0 Å². The topological polar surface area (TPSA) is 75.6 Å². The maximum absolute atomic E-state index is 11.8. The van der Waals surface area contributed by atoms with E-state index in [2.05, 4.69) is 21.2 Å². The molecule has 1 heterocycles. The van der Waals surface area contributed by atoms with Gasteiger partial charge in [-0.25, -0.2) is 4.79 Å². The molecule has 1 amide bonds. The summed E-state index contributed by atoms with van der Waals surface area (Å²) in [6.45, 7) is 1.36. The zero-order valence-electron chi connectivity index (χ0n) is 10.7. The van der Waals surface area contributed by atoms with Crippen LogP contribution in [0.15, 0.2) is 15.9 Å². The summed E-state index contributed by atoms with van der Waals surface area (Å²) < 4.78 is 5.82. The number of methoxy groups -OCH3 is 1. The van der Waals surface area contributed by atoms with Crippen molar-refractivity contribution in [3.63, 3.8) is 0 Å². The first-order chi connectivity index (χ1) is 8.87. The van der Waals surface area contributed by atoms with Crippen LogP contribution >= 0.6 is 27.3 Å². The Balaban J connectivity index is 2.51. The van der Waals surface area contributed by atoms with Crippen molar-refractivity contribution in [1.82, 2.24) is 5.32 Å². The first kappa shape index (κ1) is 16.1. The van der Waals surface area contributed by atoms with E-state index < -0.39 is 11.5 Å². The number of carbonyl (C=O) groups is 2. The number of amides is 1. The predicted octanol–water partition coefficient (Wildman–Crippen LogP) is 2.05. The predicted molar refractivity (Wildman–Crippen MR) is 76.4 cm³/mol. The van der Waals surface area contributed by atoms with E-state index in [1.807, 2.05) is 11.4 Å². The molecule has 1 atom stereocenters. The Kier molecular flexibility index (Phi) is 5.96. The van der Waals surface area contributed by atoms with Gasteiger partial charge in [0.05, 0.1) is 6.61 Å². The SMILES string of the molecule is COCC(C)(NC(=O)CCc1cc(Br)cs1)C(=O)O. The molecule has 1 unspecified atom stereocenters. The van der Waals surface area contributed by atoms with Crippen LogP contribution in [0.4, 0.5) is 0 Å². The van der Waals surface area contributed by atoms with Crippen molar-refractivity contribution >= 4 is 39.1 Å². The van der Waals surface area contributed by atoms with Gasteiger partial charge in [-0.15, -0.1) is 11.3 Å². The first-order valence-corrected chi connectivity index (χ1v) is 7.31. The van der Waals surface area contributed by atoms with Crippen molar-refractivity contribution in [2.24, 2.45) is 0 Å². The van der Waals surface area contributed by atoms with Crippen molar-refractivity contribution in [2.75, 3.05) is 13.7 Å². The van der Waals surface area contributed by atoms with E-state index in [1.54, 1.807) is 11.3 Å². The highest BCUT2D eigenvalue weighted by Gasteiger charge is 2.34. The highest BCUT2D eigenvalue weighted by Crippen LogP contribution is 2.21. The minimum Gasteiger partial charge on any atom is -0.479 e. The van der Waals surface area contributed by atoms with Crippen LogP contribution in [0.1, 0.15) is 18.2 Å². The summed E-state index contributed by atoms with van der Waals surface area (Å²) in [4.78, 5) is 24.0. The van der Waals surface area contributed by atoms with Gasteiger partial charge in [-0.1, -0.05) is 0 Å². The van der Waals surface area contributed by atoms with Gasteiger partial charge in [0, 0.05) is 28.3 Å². The van der Waals surface area contributed by atoms with Crippen LogP contribution in [0, 0.1) is 0 Å². The Hall–Kier alpha value is -0.920. The highest BCUT2D eigenvalue weighted by molar-refractivity contribution is 9.10. The third kappa shape index (κ3) is 4.93. The van der Waals surface area contributed by atoms with E-state index in [1.165, 1.54) is 14.0 Å². The number of aryl methyl sites for hydroxylation is 1. The Morgan fingerprint density at radius 3 is 2.74 bits per heavy atom. The van der Waals surface area contributed by atoms with Crippen molar-refractivity contribution < 1.29 is 19.4 Å². The van der Waals surface area contributed by atoms with Gasteiger partial charge in [-0.2, -0.15) is 0 Å². The fraction of sp³-hybridized carbons (Fsp3) is 0.500. The van der Waals surface area contributed by atoms with Gasteiger partial charge in [-0.3, -0.25) is 4.79 Å². The molecule has 19 heavy (non-hydrogen) atoms. The molecular formula is C12H16BrNO4S. The second-order valence-corrected chi connectivity index (χ2v) is 6.26. The lowest BCUT2D eigenvalue weighted by molar-refractivity contribution is -0.149. The lowest BCUT2D eigenvalue weighted by atomic mass is 10.0. The molecule has 0 bridgehead atoms. The maximum Gasteiger partial charge on any atom is 0.331 e. The average Bonchev–Trinajstić information content (AvgIpc) is 2.72. The largest absolute Gasteiger partial charge is 0.479 e. The van der Waals surface area contributed by atoms with Crippen molar-refractivity contribution in [3.8, 4) is 0 Å². The van der Waals surface area contributed by atoms with Gasteiger partial charge in [0.2, 0.25) is 5.91 Å². The number of carboxylic acids is 1. The van der Waals surface area contributed by atoms with Crippen LogP contribution < -0.4 is 5.32 Å². The zero-order chi connectivity index (χ0) is 14.5. The molecule has 0 aliphatic carbocycles. The molecule has 1 aromatic rings. The number of halogens is 1. The van der Waals surface area contributed by atoms with Crippen LogP contribution in [0.2, 0.25) is 0 Å². The number of carbonyl (C=O) groups excluding carboxylic acids is 1. The molecule has 7 heteroatoms. The van der Waals surface area contributed by atoms with Crippen LogP contribution in [0.3, 0.4) is 0 Å². The summed E-state index contributed by atoms with van der Waals surface area (Å²) in [5.74, 6) is -1.41. The Morgan fingerprint density at radius 2 is 2.26 bits per heavy atom. The second kappa shape index (κ2) is 7.02. The minimum atomic E-state index is -1.39. The summed E-state index contributed by atoms with van der Waals surface area (Å²) in [7, 11) is 1.40. The smallest absolute Gasteiger partial charge is 0.331 e. The summed E-state index contributed by atoms with van der Waals surface area (Å²) in [6, 6.07) is 1.95. The Bertz CT molecular complexity index is 462. The van der Waals surface area contributed by atoms with E-state index in [-0.39, 0.29) is 18.9 Å². The van der Waals surface area contributed by atoms with Crippen LogP contribution in [-0.2, 0) is 20.7 Å². The van der Waals surface area contributed by atoms with Gasteiger partial charge in [0.1, 0.15) is 0 Å². The molecule has 1 rings (SSSR count). The summed E-state index contributed by atoms with van der Waals surface area (Å²) in [5.41, 5.74) is -1.39. The molecule has 2 N–H and O–H groups in total. The third-order valence-electron chi connectivity index (χ3n) is 2.54. The number of hydrogen-bond donors (Lipinski definition) is 2. The fourth-order valence-corrected chi connectivity index (χ4v) is 2.99. The summed E-state index contributed by atoms with van der Waals surface area (Å²) in [6.07, 6.45) is 0.838. The molecule has 0 spiro atoms. The number of nitrogens with one attached hydrogen (secondary N) is 1. The molecular weight excluding hydrogens is 334 g/mol. The van der Waals surface area contributed by atoms with E-state index in [0.29, 0.717) is 6.42 Å². The second-order valence-electron chi connectivity index (χ2n) is 4.35. The Labute approximate surface area is 124 Å². The number of rotatable bonds is 7. The molecule has 0 aromatic carbocycles. The standard InChI is InChI=1S/C12H16BrNO4S/c1-12(7-18-2,11(16)17)14-10(15)4-3-9-5-8(13)6-19-9/h5-6H,3-4,7H2,1-2H3,(H,14,15)(H,16,17). The molecule has 106 valence electrons. The number of aliphatic carboxylic acids is 1. The molecule has 0 radical (unpaired) electrons. The first-order valence-electron chi connectivity index (χ1n) is 5.63. The summed E-state index contributed by atoms with van der Waals surface area (Å²) in [5, 5.41) is 13.5. The molecule has 0 saturated heterocycles. The zero-order valence-corrected chi connectivity index (χ0v) is 13.1. The highest BCUT2D eigenvalue weighted by atomic mass is 79.9. The minimum absolute atomic E-state index is 0.0708. The quantitative estimate of drug-likeness (QED) is 0.789. The number of thiophene rings is 1. The third-order valence-corrected chi connectivity index (χ3v) is 4.30. The molecule has 0 fully saturated rings. The number of hydrogen-bond acceptors (Lipinski definition) is 4. The van der Waals surface area contributed by atoms with Crippen LogP contribution in [-0.4, -0.2) is 36.2 Å². The van der Waals surface area contributed by atoms with Crippen molar-refractivity contribution in [1.29, 1.82) is 0 Å². The van der Waals surface area contributed by atoms with Crippen molar-refractivity contribution in [2.45, 2.75) is 25.3 Å². The van der Waals surface area contributed by atoms with E-state index >= 15 is 0 Å². The molecule has 0 aliphatic rings. The normalized spacial score (nSPS) is 13.8. The average molecular weight is 350 g/mol. The van der Waals surface area contributed by atoms with E-state index in [4.69, 9.17) is 9.84 Å². The Morgan fingerprint density at radius 1 is 1.58 bits per heavy atom. The van der Waals surface area contributed by atoms with E-state index in [0.717, 1.165) is 9.35 Å². The maximum atomic E-state index is 11.8. The van der Waals surface area contributed by atoms with Crippen molar-refractivity contribution in [3.05, 3.63) is 20.8 Å². The molecule has 0 aliphatic heterocycles. The van der Waals surface area contributed by atoms with Gasteiger partial charge in [-0.05, 0) is 35.3 Å². The lowest BCUT2D eigenvalue weighted by Gasteiger charge is -2.25. The number of carboxylic acid groups (broad SMARTS) is 1. The lowest BCUT2D eigenvalue weighted by Crippen LogP contribution is -2.55. The fourth-order valence-electron chi connectivity index (χ4n) is 1.53. The molecule has 1 aromatic heterocycles. The van der Waals surface area contributed by atoms with Crippen LogP contribution in [0.5, 0.6) is 0 Å². The van der Waals surface area contributed by atoms with Gasteiger partial charge < -0.3 is 15.2 Å². The van der Waals surface area contributed by atoms with Gasteiger partial charge >= 0.3 is 5.97 Å². The van der Waals surface area contributed by atoms with E-state index in [9.17, 15) is 9.59 Å². The number of ether oxygens (including phenoxy) is 1. The molecule has 5 nitrogen and oxygen atoms in total.